The Labute approximate surface area is 199 Å². The first kappa shape index (κ1) is 24.5. The lowest BCUT2D eigenvalue weighted by molar-refractivity contribution is -0.185. The third-order valence-electron chi connectivity index (χ3n) is 6.54. The van der Waals surface area contributed by atoms with Crippen LogP contribution in [0.3, 0.4) is 0 Å². The minimum absolute atomic E-state index is 0.0441. The zero-order chi connectivity index (χ0) is 25.8. The Morgan fingerprint density at radius 3 is 2.31 bits per heavy atom. The maximum atomic E-state index is 13.2. The van der Waals surface area contributed by atoms with Crippen LogP contribution in [0.2, 0.25) is 0 Å². The van der Waals surface area contributed by atoms with Crippen molar-refractivity contribution < 1.29 is 27.3 Å². The molecular formula is C24H26F3N5O3. The van der Waals surface area contributed by atoms with Crippen LogP contribution in [0.5, 0.6) is 0 Å². The van der Waals surface area contributed by atoms with E-state index >= 15 is 0 Å². The van der Waals surface area contributed by atoms with Crippen LogP contribution in [0.25, 0.3) is 11.3 Å². The molecule has 1 aliphatic rings. The van der Waals surface area contributed by atoms with E-state index in [2.05, 4.69) is 10.3 Å². The van der Waals surface area contributed by atoms with Gasteiger partial charge in [-0.3, -0.25) is 9.59 Å². The van der Waals surface area contributed by atoms with E-state index in [-0.39, 0.29) is 47.0 Å². The largest absolute Gasteiger partial charge is 0.401 e. The first-order valence-electron chi connectivity index (χ1n) is 11.1. The summed E-state index contributed by atoms with van der Waals surface area (Å²) in [5.41, 5.74) is 11.3. The van der Waals surface area contributed by atoms with Crippen LogP contribution in [-0.4, -0.2) is 32.8 Å². The summed E-state index contributed by atoms with van der Waals surface area (Å²) in [6.07, 6.45) is -2.83. The fourth-order valence-corrected chi connectivity index (χ4v) is 3.78. The number of aromatic nitrogens is 3. The van der Waals surface area contributed by atoms with Gasteiger partial charge in [-0.25, -0.2) is 4.68 Å². The van der Waals surface area contributed by atoms with E-state index in [0.717, 1.165) is 26.7 Å². The average Bonchev–Trinajstić information content (AvgIpc) is 3.17. The molecule has 2 heterocycles. The SMILES string of the molecule is CC1(n2nc(-c3ccc(CC(=O)Cc4cc(C(C)(C)C(F)(F)F)on4)cc3)c(C(N)=O)c2N)CC1. The number of carbonyl (C=O) groups excluding carboxylic acids is 2. The maximum absolute atomic E-state index is 13.2. The van der Waals surface area contributed by atoms with Crippen molar-refractivity contribution in [3.63, 3.8) is 0 Å². The van der Waals surface area contributed by atoms with Crippen LogP contribution in [0.1, 0.15) is 61.0 Å². The minimum atomic E-state index is -4.51. The van der Waals surface area contributed by atoms with Crippen LogP contribution in [0, 0.1) is 0 Å². The summed E-state index contributed by atoms with van der Waals surface area (Å²) in [6, 6.07) is 8.04. The van der Waals surface area contributed by atoms with Gasteiger partial charge in [-0.1, -0.05) is 29.4 Å². The number of halogens is 3. The second kappa shape index (κ2) is 8.24. The fourth-order valence-electron chi connectivity index (χ4n) is 3.78. The van der Waals surface area contributed by atoms with E-state index in [1.54, 1.807) is 28.9 Å². The zero-order valence-electron chi connectivity index (χ0n) is 19.6. The van der Waals surface area contributed by atoms with Gasteiger partial charge in [-0.05, 0) is 39.2 Å². The number of carbonyl (C=O) groups is 2. The van der Waals surface area contributed by atoms with Crippen molar-refractivity contribution in [2.75, 3.05) is 5.73 Å². The van der Waals surface area contributed by atoms with Gasteiger partial charge >= 0.3 is 6.18 Å². The van der Waals surface area contributed by atoms with Gasteiger partial charge in [0, 0.05) is 18.1 Å². The highest BCUT2D eigenvalue weighted by atomic mass is 19.4. The molecule has 0 spiro atoms. The minimum Gasteiger partial charge on any atom is -0.383 e. The normalized spacial score (nSPS) is 15.3. The Bertz CT molecular complexity index is 1280. The van der Waals surface area contributed by atoms with Crippen molar-refractivity contribution in [1.82, 2.24) is 14.9 Å². The number of Topliss-reactive ketones (excluding diaryl/α,β-unsaturated/α-hetero) is 1. The fraction of sp³-hybridized carbons (Fsp3) is 0.417. The number of alkyl halides is 3. The third-order valence-corrected chi connectivity index (χ3v) is 6.54. The van der Waals surface area contributed by atoms with Gasteiger partial charge < -0.3 is 16.0 Å². The number of nitrogen functional groups attached to an aromatic ring is 1. The van der Waals surface area contributed by atoms with Crippen molar-refractivity contribution in [2.45, 2.75) is 63.6 Å². The molecule has 0 unspecified atom stereocenters. The molecule has 35 heavy (non-hydrogen) atoms. The molecule has 1 fully saturated rings. The highest BCUT2D eigenvalue weighted by Crippen LogP contribution is 2.45. The Kier molecular flexibility index (Phi) is 5.77. The Morgan fingerprint density at radius 2 is 1.77 bits per heavy atom. The van der Waals surface area contributed by atoms with Crippen molar-refractivity contribution in [3.8, 4) is 11.3 Å². The molecule has 0 saturated heterocycles. The molecule has 0 atom stereocenters. The van der Waals surface area contributed by atoms with Gasteiger partial charge in [0.15, 0.2) is 5.76 Å². The molecule has 1 aliphatic carbocycles. The number of benzene rings is 1. The van der Waals surface area contributed by atoms with Crippen LogP contribution >= 0.6 is 0 Å². The lowest BCUT2D eigenvalue weighted by atomic mass is 9.89. The van der Waals surface area contributed by atoms with Gasteiger partial charge in [0.25, 0.3) is 5.91 Å². The lowest BCUT2D eigenvalue weighted by Gasteiger charge is -2.24. The van der Waals surface area contributed by atoms with Gasteiger partial charge in [0.05, 0.1) is 17.7 Å². The first-order chi connectivity index (χ1) is 16.2. The number of anilines is 1. The lowest BCUT2D eigenvalue weighted by Crippen LogP contribution is -2.35. The molecule has 0 radical (unpaired) electrons. The molecule has 8 nitrogen and oxygen atoms in total. The van der Waals surface area contributed by atoms with Crippen LogP contribution in [-0.2, 0) is 28.6 Å². The van der Waals surface area contributed by atoms with Gasteiger partial charge in [-0.2, -0.15) is 18.3 Å². The number of nitrogens with zero attached hydrogens (tertiary/aromatic N) is 3. The number of amides is 1. The molecular weight excluding hydrogens is 463 g/mol. The Morgan fingerprint density at radius 1 is 1.14 bits per heavy atom. The molecule has 4 N–H and O–H groups in total. The molecule has 0 bridgehead atoms. The standard InChI is InChI=1S/C24H26F3N5O3/c1-22(2,24(25,26)27)17-12-15(31-35-17)11-16(33)10-13-4-6-14(7-5-13)19-18(21(29)34)20(28)32(30-19)23(3)8-9-23/h4-7,12H,8-11,28H2,1-3H3,(H2,29,34). The zero-order valence-corrected chi connectivity index (χ0v) is 19.6. The summed E-state index contributed by atoms with van der Waals surface area (Å²) < 4.78 is 46.1. The van der Waals surface area contributed by atoms with Crippen molar-refractivity contribution in [3.05, 3.63) is 52.9 Å². The topological polar surface area (TPSA) is 130 Å². The van der Waals surface area contributed by atoms with E-state index in [4.69, 9.17) is 16.0 Å². The number of ketones is 1. The van der Waals surface area contributed by atoms with E-state index in [0.29, 0.717) is 16.8 Å². The molecule has 0 aliphatic heterocycles. The van der Waals surface area contributed by atoms with Gasteiger partial charge in [0.2, 0.25) is 0 Å². The molecule has 11 heteroatoms. The first-order valence-corrected chi connectivity index (χ1v) is 11.1. The molecule has 2 aromatic heterocycles. The van der Waals surface area contributed by atoms with Crippen molar-refractivity contribution in [2.24, 2.45) is 5.73 Å². The van der Waals surface area contributed by atoms with Crippen LogP contribution < -0.4 is 11.5 Å². The van der Waals surface area contributed by atoms with E-state index in [9.17, 15) is 22.8 Å². The molecule has 3 aromatic rings. The molecule has 1 amide bonds. The van der Waals surface area contributed by atoms with Crippen LogP contribution in [0.15, 0.2) is 34.9 Å². The number of hydrogen-bond donors (Lipinski definition) is 2. The average molecular weight is 489 g/mol. The van der Waals surface area contributed by atoms with Crippen LogP contribution in [0.4, 0.5) is 19.0 Å². The van der Waals surface area contributed by atoms with Crippen molar-refractivity contribution >= 4 is 17.5 Å². The van der Waals surface area contributed by atoms with E-state index < -0.39 is 17.5 Å². The monoisotopic (exact) mass is 489 g/mol. The quantitative estimate of drug-likeness (QED) is 0.493. The predicted octanol–water partition coefficient (Wildman–Crippen LogP) is 3.92. The number of hydrogen-bond acceptors (Lipinski definition) is 6. The Hall–Kier alpha value is -3.63. The second-order valence-corrected chi connectivity index (χ2v) is 9.78. The summed E-state index contributed by atoms with van der Waals surface area (Å²) in [5.74, 6) is -1.03. The van der Waals surface area contributed by atoms with Crippen molar-refractivity contribution in [1.29, 1.82) is 0 Å². The molecule has 1 saturated carbocycles. The highest BCUT2D eigenvalue weighted by Gasteiger charge is 2.51. The molecule has 1 aromatic carbocycles. The van der Waals surface area contributed by atoms with E-state index in [1.807, 2.05) is 6.92 Å². The van der Waals surface area contributed by atoms with E-state index in [1.165, 1.54) is 6.07 Å². The summed E-state index contributed by atoms with van der Waals surface area (Å²) in [7, 11) is 0. The smallest absolute Gasteiger partial charge is 0.383 e. The van der Waals surface area contributed by atoms with Gasteiger partial charge in [0.1, 0.15) is 28.3 Å². The summed E-state index contributed by atoms with van der Waals surface area (Å²) >= 11 is 0. The molecule has 186 valence electrons. The third kappa shape index (κ3) is 4.54. The highest BCUT2D eigenvalue weighted by molar-refractivity contribution is 6.03. The number of nitrogens with two attached hydrogens (primary N) is 2. The summed E-state index contributed by atoms with van der Waals surface area (Å²) in [4.78, 5) is 24.6. The Balaban J connectivity index is 1.47. The maximum Gasteiger partial charge on any atom is 0.401 e. The summed E-state index contributed by atoms with van der Waals surface area (Å²) in [6.45, 7) is 3.99. The predicted molar refractivity (Wildman–Crippen MR) is 121 cm³/mol. The second-order valence-electron chi connectivity index (χ2n) is 9.78. The number of rotatable bonds is 8. The van der Waals surface area contributed by atoms with Gasteiger partial charge in [-0.15, -0.1) is 0 Å². The summed E-state index contributed by atoms with van der Waals surface area (Å²) in [5, 5.41) is 8.18. The number of primary amides is 1. The molecule has 4 rings (SSSR count).